The molecule has 0 saturated carbocycles. The van der Waals surface area contributed by atoms with Crippen molar-refractivity contribution < 1.29 is 13.6 Å². The monoisotopic (exact) mass is 316 g/mol. The Balaban J connectivity index is 2.30. The maximum atomic E-state index is 13.5. The molecule has 0 spiro atoms. The maximum absolute atomic E-state index is 13.5. The zero-order valence-corrected chi connectivity index (χ0v) is 11.4. The summed E-state index contributed by atoms with van der Waals surface area (Å²) in [4.78, 5) is 11.9. The summed E-state index contributed by atoms with van der Waals surface area (Å²) in [6.07, 6.45) is 0. The first kappa shape index (κ1) is 14.6. The highest BCUT2D eigenvalue weighted by atomic mass is 35.5. The van der Waals surface area contributed by atoms with E-state index in [9.17, 15) is 13.6 Å². The Morgan fingerprint density at radius 1 is 1.10 bits per heavy atom. The first-order valence-electron chi connectivity index (χ1n) is 5.39. The molecular weight excluding hydrogens is 309 g/mol. The summed E-state index contributed by atoms with van der Waals surface area (Å²) in [5, 5.41) is 2.32. The lowest BCUT2D eigenvalue weighted by Crippen LogP contribution is -2.14. The third kappa shape index (κ3) is 3.00. The molecule has 0 unspecified atom stereocenters. The Bertz CT molecular complexity index is 669. The van der Waals surface area contributed by atoms with Gasteiger partial charge in [-0.15, -0.1) is 0 Å². The maximum Gasteiger partial charge on any atom is 0.255 e. The number of benzene rings is 2. The number of hydrogen-bond acceptors (Lipinski definition) is 2. The van der Waals surface area contributed by atoms with Crippen LogP contribution >= 0.6 is 23.2 Å². The molecule has 1 amide bonds. The summed E-state index contributed by atoms with van der Waals surface area (Å²) in [5.74, 6) is -2.44. The summed E-state index contributed by atoms with van der Waals surface area (Å²) in [6.45, 7) is 0. The predicted octanol–water partition coefficient (Wildman–Crippen LogP) is 4.11. The lowest BCUT2D eigenvalue weighted by atomic mass is 10.2. The van der Waals surface area contributed by atoms with Crippen molar-refractivity contribution >= 4 is 40.5 Å². The van der Waals surface area contributed by atoms with Gasteiger partial charge in [0.05, 0.1) is 21.4 Å². The van der Waals surface area contributed by atoms with E-state index in [2.05, 4.69) is 5.32 Å². The van der Waals surface area contributed by atoms with Crippen molar-refractivity contribution in [1.29, 1.82) is 0 Å². The minimum atomic E-state index is -0.967. The number of amides is 1. The minimum Gasteiger partial charge on any atom is -0.398 e. The number of carbonyl (C=O) groups is 1. The van der Waals surface area contributed by atoms with Gasteiger partial charge in [-0.2, -0.15) is 0 Å². The first-order valence-corrected chi connectivity index (χ1v) is 6.15. The van der Waals surface area contributed by atoms with Crippen molar-refractivity contribution in [3.8, 4) is 0 Å². The lowest BCUT2D eigenvalue weighted by molar-refractivity contribution is 0.102. The van der Waals surface area contributed by atoms with Crippen LogP contribution in [0.25, 0.3) is 0 Å². The third-order valence-corrected chi connectivity index (χ3v) is 3.15. The van der Waals surface area contributed by atoms with Crippen LogP contribution < -0.4 is 11.1 Å². The van der Waals surface area contributed by atoms with Crippen molar-refractivity contribution in [1.82, 2.24) is 0 Å². The Hall–Kier alpha value is -1.85. The van der Waals surface area contributed by atoms with E-state index in [0.717, 1.165) is 6.07 Å². The van der Waals surface area contributed by atoms with Gasteiger partial charge >= 0.3 is 0 Å². The second-order valence-electron chi connectivity index (χ2n) is 3.93. The Kier molecular flexibility index (Phi) is 4.11. The summed E-state index contributed by atoms with van der Waals surface area (Å²) in [5.41, 5.74) is 5.66. The summed E-state index contributed by atoms with van der Waals surface area (Å²) in [6, 6.07) is 5.72. The minimum absolute atomic E-state index is 0.173. The van der Waals surface area contributed by atoms with Crippen LogP contribution in [-0.2, 0) is 0 Å². The molecule has 3 nitrogen and oxygen atoms in total. The fourth-order valence-electron chi connectivity index (χ4n) is 1.53. The summed E-state index contributed by atoms with van der Waals surface area (Å²) >= 11 is 11.4. The molecule has 0 bridgehead atoms. The number of halogens is 4. The Morgan fingerprint density at radius 2 is 1.80 bits per heavy atom. The van der Waals surface area contributed by atoms with Crippen molar-refractivity contribution in [2.75, 3.05) is 11.1 Å². The lowest BCUT2D eigenvalue weighted by Gasteiger charge is -2.09. The first-order chi connectivity index (χ1) is 9.38. The van der Waals surface area contributed by atoms with Crippen molar-refractivity contribution in [2.24, 2.45) is 0 Å². The van der Waals surface area contributed by atoms with E-state index in [0.29, 0.717) is 11.1 Å². The van der Waals surface area contributed by atoms with Gasteiger partial charge in [-0.25, -0.2) is 8.78 Å². The van der Waals surface area contributed by atoms with Crippen molar-refractivity contribution in [3.63, 3.8) is 0 Å². The molecule has 0 aromatic heterocycles. The molecule has 0 aliphatic heterocycles. The van der Waals surface area contributed by atoms with E-state index in [4.69, 9.17) is 28.9 Å². The highest BCUT2D eigenvalue weighted by molar-refractivity contribution is 6.34. The number of anilines is 2. The van der Waals surface area contributed by atoms with Crippen LogP contribution in [0.1, 0.15) is 10.4 Å². The molecule has 0 aliphatic carbocycles. The van der Waals surface area contributed by atoms with E-state index in [1.54, 1.807) is 0 Å². The van der Waals surface area contributed by atoms with Crippen LogP contribution in [-0.4, -0.2) is 5.91 Å². The summed E-state index contributed by atoms with van der Waals surface area (Å²) < 4.78 is 26.4. The van der Waals surface area contributed by atoms with Gasteiger partial charge in [-0.3, -0.25) is 4.79 Å². The van der Waals surface area contributed by atoms with Crippen LogP contribution in [0.15, 0.2) is 30.3 Å². The standard InChI is InChI=1S/C13H8Cl2F2N2O/c14-8-2-1-6(3-11(8)18)13(20)19-12-9(15)4-7(16)5-10(12)17/h1-5H,18H2,(H,19,20). The van der Waals surface area contributed by atoms with Gasteiger partial charge in [0.1, 0.15) is 5.82 Å². The number of nitrogens with one attached hydrogen (secondary N) is 1. The number of nitrogens with two attached hydrogens (primary N) is 1. The van der Waals surface area contributed by atoms with Crippen LogP contribution in [0.2, 0.25) is 10.0 Å². The van der Waals surface area contributed by atoms with Gasteiger partial charge in [0.2, 0.25) is 0 Å². The highest BCUT2D eigenvalue weighted by Crippen LogP contribution is 2.27. The topological polar surface area (TPSA) is 55.1 Å². The fourth-order valence-corrected chi connectivity index (χ4v) is 1.89. The molecule has 3 N–H and O–H groups in total. The molecule has 104 valence electrons. The van der Waals surface area contributed by atoms with Crippen LogP contribution in [0.3, 0.4) is 0 Å². The second kappa shape index (κ2) is 5.64. The largest absolute Gasteiger partial charge is 0.398 e. The average molecular weight is 317 g/mol. The van der Waals surface area contributed by atoms with Gasteiger partial charge in [0.25, 0.3) is 5.91 Å². The zero-order chi connectivity index (χ0) is 14.9. The SMILES string of the molecule is Nc1cc(C(=O)Nc2c(F)cc(F)cc2Cl)ccc1Cl. The molecule has 0 atom stereocenters. The Morgan fingerprint density at radius 3 is 2.40 bits per heavy atom. The normalized spacial score (nSPS) is 10.4. The van der Waals surface area contributed by atoms with E-state index >= 15 is 0 Å². The fraction of sp³-hybridized carbons (Fsp3) is 0. The average Bonchev–Trinajstić information content (AvgIpc) is 2.36. The molecule has 0 saturated heterocycles. The third-order valence-electron chi connectivity index (χ3n) is 2.50. The van der Waals surface area contributed by atoms with E-state index < -0.39 is 17.5 Å². The van der Waals surface area contributed by atoms with Crippen LogP contribution in [0.4, 0.5) is 20.2 Å². The van der Waals surface area contributed by atoms with E-state index in [-0.39, 0.29) is 22.0 Å². The van der Waals surface area contributed by atoms with Gasteiger partial charge < -0.3 is 11.1 Å². The van der Waals surface area contributed by atoms with Gasteiger partial charge in [0, 0.05) is 11.6 Å². The van der Waals surface area contributed by atoms with Gasteiger partial charge in [-0.1, -0.05) is 23.2 Å². The van der Waals surface area contributed by atoms with Gasteiger partial charge in [0.15, 0.2) is 5.82 Å². The number of rotatable bonds is 2. The van der Waals surface area contributed by atoms with Crippen molar-refractivity contribution in [2.45, 2.75) is 0 Å². The molecule has 0 radical (unpaired) electrons. The molecule has 0 aliphatic rings. The number of nitrogen functional groups attached to an aromatic ring is 1. The Labute approximate surface area is 123 Å². The molecule has 20 heavy (non-hydrogen) atoms. The molecule has 0 heterocycles. The number of hydrogen-bond donors (Lipinski definition) is 2. The van der Waals surface area contributed by atoms with E-state index in [1.165, 1.54) is 18.2 Å². The molecule has 2 rings (SSSR count). The molecule has 2 aromatic carbocycles. The van der Waals surface area contributed by atoms with Crippen LogP contribution in [0, 0.1) is 11.6 Å². The van der Waals surface area contributed by atoms with Gasteiger partial charge in [-0.05, 0) is 24.3 Å². The smallest absolute Gasteiger partial charge is 0.255 e. The zero-order valence-electron chi connectivity index (χ0n) is 9.88. The summed E-state index contributed by atoms with van der Waals surface area (Å²) in [7, 11) is 0. The van der Waals surface area contributed by atoms with Crippen LogP contribution in [0.5, 0.6) is 0 Å². The predicted molar refractivity (Wildman–Crippen MR) is 75.2 cm³/mol. The molecule has 2 aromatic rings. The highest BCUT2D eigenvalue weighted by Gasteiger charge is 2.14. The molecular formula is C13H8Cl2F2N2O. The molecule has 0 fully saturated rings. The second-order valence-corrected chi connectivity index (χ2v) is 4.75. The van der Waals surface area contributed by atoms with Crippen molar-refractivity contribution in [3.05, 3.63) is 57.6 Å². The number of carbonyl (C=O) groups excluding carboxylic acids is 1. The molecule has 7 heteroatoms. The van der Waals surface area contributed by atoms with E-state index in [1.807, 2.05) is 0 Å². The quantitative estimate of drug-likeness (QED) is 0.819.